The van der Waals surface area contributed by atoms with Crippen LogP contribution in [0.15, 0.2) is 60.9 Å². The molecule has 0 aliphatic heterocycles. The fraction of sp³-hybridized carbons (Fsp3) is 0.0909. The van der Waals surface area contributed by atoms with Gasteiger partial charge in [-0.1, -0.05) is 23.7 Å². The van der Waals surface area contributed by atoms with Gasteiger partial charge in [-0.3, -0.25) is 4.68 Å². The summed E-state index contributed by atoms with van der Waals surface area (Å²) in [6.45, 7) is 2.65. The first-order valence-electron chi connectivity index (χ1n) is 9.73. The molecule has 8 nitrogen and oxygen atoms in total. The number of nitrogens with one attached hydrogen (secondary N) is 2. The quantitative estimate of drug-likeness (QED) is 0.393. The summed E-state index contributed by atoms with van der Waals surface area (Å²) in [6.07, 6.45) is 3.47. The zero-order chi connectivity index (χ0) is 22.7. The van der Waals surface area contributed by atoms with Crippen molar-refractivity contribution in [1.29, 1.82) is 0 Å². The van der Waals surface area contributed by atoms with Gasteiger partial charge < -0.3 is 16.4 Å². The number of anilines is 3. The Bertz CT molecular complexity index is 1290. The maximum Gasteiger partial charge on any atom is 0.323 e. The van der Waals surface area contributed by atoms with Crippen molar-refractivity contribution in [3.63, 3.8) is 0 Å². The number of hydrogen-bond donors (Lipinski definition) is 3. The molecule has 0 atom stereocenters. The monoisotopic (exact) mass is 451 g/mol. The van der Waals surface area contributed by atoms with Crippen molar-refractivity contribution >= 4 is 35.0 Å². The summed E-state index contributed by atoms with van der Waals surface area (Å²) in [4.78, 5) is 20.6. The number of amides is 2. The molecule has 2 aromatic heterocycles. The second-order valence-corrected chi connectivity index (χ2v) is 7.27. The molecular weight excluding hydrogens is 433 g/mol. The highest BCUT2D eigenvalue weighted by Crippen LogP contribution is 2.31. The van der Waals surface area contributed by atoms with E-state index >= 15 is 0 Å². The topological polar surface area (TPSA) is 111 Å². The Morgan fingerprint density at radius 3 is 2.78 bits per heavy atom. The summed E-state index contributed by atoms with van der Waals surface area (Å²) in [6, 6.07) is 12.4. The molecule has 10 heteroatoms. The molecule has 0 bridgehead atoms. The molecule has 2 amide bonds. The first kappa shape index (κ1) is 21.3. The van der Waals surface area contributed by atoms with E-state index in [1.807, 2.05) is 19.2 Å². The third-order valence-electron chi connectivity index (χ3n) is 4.61. The highest BCUT2D eigenvalue weighted by Gasteiger charge is 2.15. The summed E-state index contributed by atoms with van der Waals surface area (Å²) >= 11 is 5.75. The number of hydrogen-bond acceptors (Lipinski definition) is 5. The molecule has 32 heavy (non-hydrogen) atoms. The standard InChI is InChI=1S/C22H19ClFN7O/c1-2-31-12-16(20(30-31)19-8-9-26-21(25)28-19)13-4-3-5-15(10-13)27-22(32)29-18-7-6-14(23)11-17(18)24/h3-12H,2H2,1H3,(H2,25,26,28)(H2,27,29,32). The summed E-state index contributed by atoms with van der Waals surface area (Å²) in [7, 11) is 0. The van der Waals surface area contributed by atoms with Gasteiger partial charge in [0.05, 0.1) is 11.4 Å². The number of rotatable bonds is 5. The van der Waals surface area contributed by atoms with Crippen LogP contribution in [-0.4, -0.2) is 25.8 Å². The average molecular weight is 452 g/mol. The SMILES string of the molecule is CCn1cc(-c2cccc(NC(=O)Nc3ccc(Cl)cc3F)c2)c(-c2ccnc(N)n2)n1. The van der Waals surface area contributed by atoms with Gasteiger partial charge in [0.2, 0.25) is 5.95 Å². The lowest BCUT2D eigenvalue weighted by Crippen LogP contribution is -2.20. The first-order valence-corrected chi connectivity index (χ1v) is 10.1. The molecule has 0 saturated heterocycles. The number of benzene rings is 2. The fourth-order valence-electron chi connectivity index (χ4n) is 3.13. The van der Waals surface area contributed by atoms with Crippen LogP contribution in [0.5, 0.6) is 0 Å². The van der Waals surface area contributed by atoms with Gasteiger partial charge in [0.1, 0.15) is 11.5 Å². The van der Waals surface area contributed by atoms with E-state index in [9.17, 15) is 9.18 Å². The van der Waals surface area contributed by atoms with Gasteiger partial charge in [-0.05, 0) is 48.9 Å². The molecule has 0 saturated carbocycles. The van der Waals surface area contributed by atoms with Crippen molar-refractivity contribution in [2.45, 2.75) is 13.5 Å². The molecule has 162 valence electrons. The van der Waals surface area contributed by atoms with Crippen molar-refractivity contribution in [3.8, 4) is 22.5 Å². The Balaban J connectivity index is 1.61. The van der Waals surface area contributed by atoms with Crippen LogP contribution in [0.2, 0.25) is 5.02 Å². The van der Waals surface area contributed by atoms with Crippen molar-refractivity contribution in [3.05, 3.63) is 71.8 Å². The normalized spacial score (nSPS) is 10.7. The van der Waals surface area contributed by atoms with E-state index in [0.29, 0.717) is 23.6 Å². The number of aromatic nitrogens is 4. The van der Waals surface area contributed by atoms with Gasteiger partial charge in [0.15, 0.2) is 0 Å². The molecule has 4 aromatic rings. The predicted molar refractivity (Wildman–Crippen MR) is 123 cm³/mol. The third kappa shape index (κ3) is 4.68. The number of carbonyl (C=O) groups is 1. The van der Waals surface area contributed by atoms with Gasteiger partial charge in [-0.25, -0.2) is 19.2 Å². The lowest BCUT2D eigenvalue weighted by atomic mass is 10.0. The van der Waals surface area contributed by atoms with Crippen LogP contribution in [0.1, 0.15) is 6.92 Å². The molecule has 2 aromatic carbocycles. The van der Waals surface area contributed by atoms with E-state index in [1.54, 1.807) is 35.1 Å². The maximum absolute atomic E-state index is 13.9. The van der Waals surface area contributed by atoms with Crippen LogP contribution in [0, 0.1) is 5.82 Å². The van der Waals surface area contributed by atoms with Crippen LogP contribution in [0.25, 0.3) is 22.5 Å². The number of nitrogens with zero attached hydrogens (tertiary/aromatic N) is 4. The average Bonchev–Trinajstić information content (AvgIpc) is 3.21. The van der Waals surface area contributed by atoms with Crippen LogP contribution < -0.4 is 16.4 Å². The fourth-order valence-corrected chi connectivity index (χ4v) is 3.29. The Morgan fingerprint density at radius 2 is 2.03 bits per heavy atom. The number of nitrogen functional groups attached to an aromatic ring is 1. The molecule has 0 radical (unpaired) electrons. The Labute approximate surface area is 188 Å². The Kier molecular flexibility index (Phi) is 6.00. The minimum Gasteiger partial charge on any atom is -0.368 e. The highest BCUT2D eigenvalue weighted by molar-refractivity contribution is 6.30. The number of carbonyl (C=O) groups excluding carboxylic acids is 1. The second kappa shape index (κ2) is 9.03. The molecule has 0 unspecified atom stereocenters. The number of urea groups is 1. The van der Waals surface area contributed by atoms with Crippen molar-refractivity contribution < 1.29 is 9.18 Å². The van der Waals surface area contributed by atoms with Crippen molar-refractivity contribution in [2.75, 3.05) is 16.4 Å². The maximum atomic E-state index is 13.9. The van der Waals surface area contributed by atoms with Gasteiger partial charge >= 0.3 is 6.03 Å². The number of halogens is 2. The van der Waals surface area contributed by atoms with Crippen LogP contribution >= 0.6 is 11.6 Å². The third-order valence-corrected chi connectivity index (χ3v) is 4.85. The minimum absolute atomic E-state index is 0.0240. The van der Waals surface area contributed by atoms with Crippen LogP contribution in [0.3, 0.4) is 0 Å². The van der Waals surface area contributed by atoms with Gasteiger partial charge in [-0.2, -0.15) is 5.10 Å². The van der Waals surface area contributed by atoms with E-state index in [4.69, 9.17) is 17.3 Å². The Morgan fingerprint density at radius 1 is 1.19 bits per heavy atom. The summed E-state index contributed by atoms with van der Waals surface area (Å²) in [5, 5.41) is 10.0. The molecule has 0 aliphatic rings. The smallest absolute Gasteiger partial charge is 0.323 e. The van der Waals surface area contributed by atoms with Crippen LogP contribution in [-0.2, 0) is 6.54 Å². The van der Waals surface area contributed by atoms with Crippen molar-refractivity contribution in [2.24, 2.45) is 0 Å². The summed E-state index contributed by atoms with van der Waals surface area (Å²) in [5.41, 5.74) is 9.15. The van der Waals surface area contributed by atoms with E-state index in [1.165, 1.54) is 12.1 Å². The van der Waals surface area contributed by atoms with Gasteiger partial charge in [-0.15, -0.1) is 0 Å². The van der Waals surface area contributed by atoms with Crippen LogP contribution in [0.4, 0.5) is 26.5 Å². The van der Waals surface area contributed by atoms with Gasteiger partial charge in [0, 0.05) is 35.2 Å². The molecule has 0 aliphatic carbocycles. The van der Waals surface area contributed by atoms with Crippen molar-refractivity contribution in [1.82, 2.24) is 19.7 Å². The zero-order valence-electron chi connectivity index (χ0n) is 17.0. The minimum atomic E-state index is -0.623. The molecule has 0 spiro atoms. The van der Waals surface area contributed by atoms with E-state index < -0.39 is 11.8 Å². The summed E-state index contributed by atoms with van der Waals surface area (Å²) < 4.78 is 15.7. The summed E-state index contributed by atoms with van der Waals surface area (Å²) in [5.74, 6) is -0.469. The van der Waals surface area contributed by atoms with E-state index in [0.717, 1.165) is 17.2 Å². The lowest BCUT2D eigenvalue weighted by Gasteiger charge is -2.10. The number of aryl methyl sites for hydroxylation is 1. The van der Waals surface area contributed by atoms with E-state index in [-0.39, 0.29) is 16.7 Å². The molecule has 0 fully saturated rings. The molecule has 4 rings (SSSR count). The molecular formula is C22H19ClFN7O. The lowest BCUT2D eigenvalue weighted by molar-refractivity contribution is 0.262. The molecule has 4 N–H and O–H groups in total. The second-order valence-electron chi connectivity index (χ2n) is 6.83. The largest absolute Gasteiger partial charge is 0.368 e. The zero-order valence-corrected chi connectivity index (χ0v) is 17.8. The highest BCUT2D eigenvalue weighted by atomic mass is 35.5. The Hall–Kier alpha value is -3.98. The predicted octanol–water partition coefficient (Wildman–Crippen LogP) is 5.05. The first-order chi connectivity index (χ1) is 15.4. The van der Waals surface area contributed by atoms with E-state index in [2.05, 4.69) is 25.7 Å². The van der Waals surface area contributed by atoms with Gasteiger partial charge in [0.25, 0.3) is 0 Å². The molecule has 2 heterocycles. The number of nitrogens with two attached hydrogens (primary N) is 1.